The smallest absolute Gasteiger partial charge is 0.237 e. The molecule has 4 rings (SSSR count). The van der Waals surface area contributed by atoms with Crippen LogP contribution in [-0.2, 0) is 9.59 Å². The van der Waals surface area contributed by atoms with E-state index in [2.05, 4.69) is 18.8 Å². The number of fused-ring (bicyclic) bond motifs is 2. The van der Waals surface area contributed by atoms with Gasteiger partial charge in [0.25, 0.3) is 0 Å². The zero-order valence-corrected chi connectivity index (χ0v) is 15.5. The first-order valence-corrected chi connectivity index (χ1v) is 10.2. The molecule has 2 fully saturated rings. The van der Waals surface area contributed by atoms with E-state index in [0.29, 0.717) is 10.9 Å². The highest BCUT2D eigenvalue weighted by molar-refractivity contribution is 8.01. The Labute approximate surface area is 149 Å². The van der Waals surface area contributed by atoms with E-state index in [9.17, 15) is 9.59 Å². The molecule has 2 atom stereocenters. The molecule has 2 aromatic rings. The van der Waals surface area contributed by atoms with Crippen LogP contribution in [0.25, 0.3) is 10.2 Å². The number of amides is 2. The number of imide groups is 1. The monoisotopic (exact) mass is 360 g/mol. The highest BCUT2D eigenvalue weighted by atomic mass is 32.2. The van der Waals surface area contributed by atoms with E-state index in [4.69, 9.17) is 0 Å². The van der Waals surface area contributed by atoms with Crippen molar-refractivity contribution in [2.45, 2.75) is 49.1 Å². The summed E-state index contributed by atoms with van der Waals surface area (Å²) in [5.74, 6) is -0.221. The molecule has 126 valence electrons. The van der Waals surface area contributed by atoms with Crippen LogP contribution in [0.2, 0.25) is 0 Å². The quantitative estimate of drug-likeness (QED) is 0.598. The van der Waals surface area contributed by atoms with E-state index in [1.807, 2.05) is 18.2 Å². The van der Waals surface area contributed by atoms with Gasteiger partial charge in [0.15, 0.2) is 4.34 Å². The van der Waals surface area contributed by atoms with Crippen LogP contribution in [0.4, 0.5) is 5.69 Å². The molecule has 24 heavy (non-hydrogen) atoms. The van der Waals surface area contributed by atoms with E-state index in [-0.39, 0.29) is 23.7 Å². The number of thiazole rings is 1. The van der Waals surface area contributed by atoms with Crippen LogP contribution in [0.1, 0.15) is 39.5 Å². The molecular formula is C18H20N2O2S2. The van der Waals surface area contributed by atoms with Crippen molar-refractivity contribution in [2.75, 3.05) is 4.90 Å². The van der Waals surface area contributed by atoms with Gasteiger partial charge in [-0.3, -0.25) is 14.5 Å². The van der Waals surface area contributed by atoms with Gasteiger partial charge in [-0.05, 0) is 31.0 Å². The van der Waals surface area contributed by atoms with E-state index < -0.39 is 0 Å². The largest absolute Gasteiger partial charge is 0.274 e. The maximum absolute atomic E-state index is 12.7. The number of rotatable bonds is 3. The van der Waals surface area contributed by atoms with E-state index in [1.165, 1.54) is 4.90 Å². The topological polar surface area (TPSA) is 50.3 Å². The predicted octanol–water partition coefficient (Wildman–Crippen LogP) is 4.48. The predicted molar refractivity (Wildman–Crippen MR) is 98.6 cm³/mol. The van der Waals surface area contributed by atoms with Crippen molar-refractivity contribution in [3.05, 3.63) is 18.2 Å². The first-order chi connectivity index (χ1) is 11.5. The number of thioether (sulfide) groups is 1. The Morgan fingerprint density at radius 1 is 1.17 bits per heavy atom. The maximum atomic E-state index is 12.7. The van der Waals surface area contributed by atoms with Crippen LogP contribution < -0.4 is 4.90 Å². The normalized spacial score (nSPS) is 24.2. The lowest BCUT2D eigenvalue weighted by Gasteiger charge is -2.19. The number of nitrogens with zero attached hydrogens (tertiary/aromatic N) is 2. The highest BCUT2D eigenvalue weighted by Gasteiger charge is 2.48. The molecule has 1 aliphatic heterocycles. The summed E-state index contributed by atoms with van der Waals surface area (Å²) in [6, 6.07) is 5.73. The summed E-state index contributed by atoms with van der Waals surface area (Å²) in [5, 5.41) is 0.481. The van der Waals surface area contributed by atoms with Gasteiger partial charge in [-0.1, -0.05) is 38.5 Å². The Hall–Kier alpha value is -1.40. The van der Waals surface area contributed by atoms with Gasteiger partial charge in [-0.15, -0.1) is 11.3 Å². The molecule has 4 nitrogen and oxygen atoms in total. The number of hydrogen-bond acceptors (Lipinski definition) is 5. The lowest BCUT2D eigenvalue weighted by Crippen LogP contribution is -2.30. The summed E-state index contributed by atoms with van der Waals surface area (Å²) >= 11 is 3.37. The average molecular weight is 361 g/mol. The molecule has 2 amide bonds. The van der Waals surface area contributed by atoms with Crippen molar-refractivity contribution in [3.63, 3.8) is 0 Å². The number of carbonyl (C=O) groups is 2. The Morgan fingerprint density at radius 3 is 2.46 bits per heavy atom. The van der Waals surface area contributed by atoms with E-state index >= 15 is 0 Å². The Kier molecular flexibility index (Phi) is 4.12. The van der Waals surface area contributed by atoms with Gasteiger partial charge in [0.05, 0.1) is 27.7 Å². The molecule has 0 radical (unpaired) electrons. The van der Waals surface area contributed by atoms with Gasteiger partial charge >= 0.3 is 0 Å². The second-order valence-corrected chi connectivity index (χ2v) is 9.66. The molecule has 1 aliphatic carbocycles. The SMILES string of the molecule is CC(C)Sc1nc2ccc(N3C(=O)[C@H]4CCCC[C@H]4C3=O)cc2s1. The van der Waals surface area contributed by atoms with Crippen LogP contribution in [0.15, 0.2) is 22.5 Å². The molecule has 1 saturated heterocycles. The summed E-state index contributed by atoms with van der Waals surface area (Å²) in [7, 11) is 0. The van der Waals surface area contributed by atoms with Gasteiger partial charge in [0.1, 0.15) is 0 Å². The van der Waals surface area contributed by atoms with Crippen LogP contribution in [0.3, 0.4) is 0 Å². The third-order valence-corrected chi connectivity index (χ3v) is 6.90. The minimum Gasteiger partial charge on any atom is -0.274 e. The van der Waals surface area contributed by atoms with Crippen LogP contribution in [0.5, 0.6) is 0 Å². The summed E-state index contributed by atoms with van der Waals surface area (Å²) in [5.41, 5.74) is 1.64. The molecular weight excluding hydrogens is 340 g/mol. The molecule has 2 heterocycles. The second-order valence-electron chi connectivity index (χ2n) is 6.81. The van der Waals surface area contributed by atoms with E-state index in [1.54, 1.807) is 23.1 Å². The van der Waals surface area contributed by atoms with Crippen molar-refractivity contribution in [3.8, 4) is 0 Å². The van der Waals surface area contributed by atoms with Gasteiger partial charge in [0.2, 0.25) is 11.8 Å². The van der Waals surface area contributed by atoms with Crippen molar-refractivity contribution >= 4 is 50.8 Å². The molecule has 6 heteroatoms. The Morgan fingerprint density at radius 2 is 1.83 bits per heavy atom. The zero-order chi connectivity index (χ0) is 16.8. The summed E-state index contributed by atoms with van der Waals surface area (Å²) in [6.07, 6.45) is 3.81. The van der Waals surface area contributed by atoms with Crippen molar-refractivity contribution < 1.29 is 9.59 Å². The molecule has 0 N–H and O–H groups in total. The third-order valence-electron chi connectivity index (χ3n) is 4.79. The molecule has 0 bridgehead atoms. The first-order valence-electron chi connectivity index (χ1n) is 8.49. The first kappa shape index (κ1) is 16.1. The van der Waals surface area contributed by atoms with Gasteiger partial charge in [-0.25, -0.2) is 4.98 Å². The number of hydrogen-bond donors (Lipinski definition) is 0. The summed E-state index contributed by atoms with van der Waals surface area (Å²) in [6.45, 7) is 4.29. The number of carbonyl (C=O) groups excluding carboxylic acids is 2. The minimum absolute atomic E-state index is 0.00894. The number of anilines is 1. The fourth-order valence-electron chi connectivity index (χ4n) is 3.70. The Balaban J connectivity index is 1.68. The van der Waals surface area contributed by atoms with Crippen molar-refractivity contribution in [2.24, 2.45) is 11.8 Å². The molecule has 0 spiro atoms. The van der Waals surface area contributed by atoms with Gasteiger partial charge in [-0.2, -0.15) is 0 Å². The van der Waals surface area contributed by atoms with Gasteiger partial charge < -0.3 is 0 Å². The fraction of sp³-hybridized carbons (Fsp3) is 0.500. The van der Waals surface area contributed by atoms with Crippen LogP contribution in [-0.4, -0.2) is 22.0 Å². The molecule has 0 unspecified atom stereocenters. The highest BCUT2D eigenvalue weighted by Crippen LogP contribution is 2.41. The van der Waals surface area contributed by atoms with Crippen LogP contribution >= 0.6 is 23.1 Å². The summed E-state index contributed by atoms with van der Waals surface area (Å²) < 4.78 is 2.07. The average Bonchev–Trinajstić information content (AvgIpc) is 3.05. The van der Waals surface area contributed by atoms with Crippen molar-refractivity contribution in [1.29, 1.82) is 0 Å². The number of benzene rings is 1. The van der Waals surface area contributed by atoms with E-state index in [0.717, 1.165) is 40.2 Å². The second kappa shape index (κ2) is 6.15. The Bertz CT molecular complexity index is 790. The number of aromatic nitrogens is 1. The van der Waals surface area contributed by atoms with Crippen LogP contribution in [0, 0.1) is 11.8 Å². The molecule has 1 aromatic heterocycles. The standard InChI is InChI=1S/C18H20N2O2S2/c1-10(2)23-18-19-14-8-7-11(9-15(14)24-18)20-16(21)12-5-3-4-6-13(12)17(20)22/h7-10,12-13H,3-6H2,1-2H3/t12-,13+. The summed E-state index contributed by atoms with van der Waals surface area (Å²) in [4.78, 5) is 31.5. The fourth-order valence-corrected chi connectivity index (χ4v) is 6.02. The van der Waals surface area contributed by atoms with Crippen molar-refractivity contribution in [1.82, 2.24) is 4.98 Å². The molecule has 1 saturated carbocycles. The van der Waals surface area contributed by atoms with Gasteiger partial charge in [0, 0.05) is 5.25 Å². The maximum Gasteiger partial charge on any atom is 0.237 e. The molecule has 2 aliphatic rings. The zero-order valence-electron chi connectivity index (χ0n) is 13.8. The lowest BCUT2D eigenvalue weighted by molar-refractivity contribution is -0.122. The lowest BCUT2D eigenvalue weighted by atomic mass is 9.81. The molecule has 1 aromatic carbocycles. The minimum atomic E-state index is -0.101. The third kappa shape index (κ3) is 2.65.